The van der Waals surface area contributed by atoms with Crippen molar-refractivity contribution in [3.05, 3.63) is 29.8 Å². The van der Waals surface area contributed by atoms with Crippen molar-refractivity contribution >= 4 is 11.6 Å². The van der Waals surface area contributed by atoms with Crippen molar-refractivity contribution in [1.29, 1.82) is 0 Å². The molecule has 1 aromatic rings. The number of nitrogen functional groups attached to an aromatic ring is 1. The number of nitrogens with two attached hydrogens (primary N) is 1. The summed E-state index contributed by atoms with van der Waals surface area (Å²) >= 11 is 0. The predicted octanol–water partition coefficient (Wildman–Crippen LogP) is 3.42. The van der Waals surface area contributed by atoms with Crippen LogP contribution in [-0.4, -0.2) is 12.5 Å². The normalized spacial score (nSPS) is 13.0. The minimum Gasteiger partial charge on any atom is -0.399 e. The van der Waals surface area contributed by atoms with Gasteiger partial charge in [-0.1, -0.05) is 39.8 Å². The third-order valence-corrected chi connectivity index (χ3v) is 4.03. The van der Waals surface area contributed by atoms with Crippen LogP contribution in [0.5, 0.6) is 0 Å². The molecular formula is C17H28N2O. The van der Waals surface area contributed by atoms with E-state index < -0.39 is 0 Å². The van der Waals surface area contributed by atoms with Crippen molar-refractivity contribution in [2.75, 3.05) is 12.3 Å². The van der Waals surface area contributed by atoms with E-state index >= 15 is 0 Å². The quantitative estimate of drug-likeness (QED) is 0.782. The molecule has 0 saturated heterocycles. The Morgan fingerprint density at radius 1 is 1.15 bits per heavy atom. The Hall–Kier alpha value is -1.51. The summed E-state index contributed by atoms with van der Waals surface area (Å²) in [6, 6.07) is 7.54. The third-order valence-electron chi connectivity index (χ3n) is 4.03. The number of rotatable bonds is 6. The molecule has 0 aromatic heterocycles. The van der Waals surface area contributed by atoms with Crippen LogP contribution in [0.25, 0.3) is 0 Å². The van der Waals surface area contributed by atoms with Gasteiger partial charge in [0.25, 0.3) is 0 Å². The average Bonchev–Trinajstić information content (AvgIpc) is 2.37. The van der Waals surface area contributed by atoms with Crippen LogP contribution in [0.4, 0.5) is 5.69 Å². The van der Waals surface area contributed by atoms with E-state index in [0.29, 0.717) is 23.4 Å². The molecule has 3 nitrogen and oxygen atoms in total. The maximum absolute atomic E-state index is 12.3. The van der Waals surface area contributed by atoms with Gasteiger partial charge in [0.15, 0.2) is 0 Å². The first-order chi connectivity index (χ1) is 9.32. The summed E-state index contributed by atoms with van der Waals surface area (Å²) < 4.78 is 0. The number of nitrogens with one attached hydrogen (secondary N) is 1. The molecule has 0 aliphatic heterocycles. The first-order valence-electron chi connectivity index (χ1n) is 7.46. The Labute approximate surface area is 122 Å². The Balaban J connectivity index is 2.62. The molecule has 1 aromatic carbocycles. The molecule has 0 saturated carbocycles. The van der Waals surface area contributed by atoms with Crippen molar-refractivity contribution in [2.45, 2.75) is 40.5 Å². The van der Waals surface area contributed by atoms with Gasteiger partial charge < -0.3 is 11.1 Å². The lowest BCUT2D eigenvalue weighted by Crippen LogP contribution is -2.36. The number of carbonyl (C=O) groups excluding carboxylic acids is 1. The highest BCUT2D eigenvalue weighted by molar-refractivity contribution is 5.83. The van der Waals surface area contributed by atoms with Crippen LogP contribution < -0.4 is 11.1 Å². The van der Waals surface area contributed by atoms with Crippen LogP contribution in [0.2, 0.25) is 0 Å². The van der Waals surface area contributed by atoms with Crippen LogP contribution >= 0.6 is 0 Å². The topological polar surface area (TPSA) is 55.1 Å². The van der Waals surface area contributed by atoms with Gasteiger partial charge in [0.1, 0.15) is 0 Å². The molecule has 1 unspecified atom stereocenters. The second kappa shape index (κ2) is 7.32. The summed E-state index contributed by atoms with van der Waals surface area (Å²) in [7, 11) is 0. The van der Waals surface area contributed by atoms with Gasteiger partial charge >= 0.3 is 0 Å². The van der Waals surface area contributed by atoms with E-state index in [1.807, 2.05) is 31.2 Å². The standard InChI is InChI=1S/C17H28N2O/c1-11(2)16(12(3)4)10-19-17(20)13(5)14-7-6-8-15(18)9-14/h6-9,11-13,16H,10,18H2,1-5H3,(H,19,20). The molecule has 1 atom stereocenters. The molecule has 0 fully saturated rings. The second-order valence-corrected chi connectivity index (χ2v) is 6.29. The molecule has 0 aliphatic carbocycles. The van der Waals surface area contributed by atoms with Gasteiger partial charge in [-0.05, 0) is 42.4 Å². The molecule has 112 valence electrons. The average molecular weight is 276 g/mol. The van der Waals surface area contributed by atoms with Crippen molar-refractivity contribution in [3.8, 4) is 0 Å². The fourth-order valence-corrected chi connectivity index (χ4v) is 2.59. The van der Waals surface area contributed by atoms with Crippen molar-refractivity contribution in [1.82, 2.24) is 5.32 Å². The molecule has 0 radical (unpaired) electrons. The highest BCUT2D eigenvalue weighted by Crippen LogP contribution is 2.21. The zero-order chi connectivity index (χ0) is 15.3. The maximum atomic E-state index is 12.3. The summed E-state index contributed by atoms with van der Waals surface area (Å²) in [4.78, 5) is 12.3. The Bertz CT molecular complexity index is 432. The van der Waals surface area contributed by atoms with Crippen LogP contribution in [0.15, 0.2) is 24.3 Å². The van der Waals surface area contributed by atoms with Crippen LogP contribution in [0, 0.1) is 17.8 Å². The summed E-state index contributed by atoms with van der Waals surface area (Å²) in [6.07, 6.45) is 0. The highest BCUT2D eigenvalue weighted by atomic mass is 16.1. The summed E-state index contributed by atoms with van der Waals surface area (Å²) in [5.41, 5.74) is 7.43. The summed E-state index contributed by atoms with van der Waals surface area (Å²) in [5, 5.41) is 3.08. The van der Waals surface area contributed by atoms with Crippen LogP contribution in [0.1, 0.15) is 46.1 Å². The largest absolute Gasteiger partial charge is 0.399 e. The molecule has 0 bridgehead atoms. The number of amides is 1. The van der Waals surface area contributed by atoms with Crippen molar-refractivity contribution < 1.29 is 4.79 Å². The van der Waals surface area contributed by atoms with Gasteiger partial charge in [-0.15, -0.1) is 0 Å². The number of hydrogen-bond donors (Lipinski definition) is 2. The molecule has 20 heavy (non-hydrogen) atoms. The van der Waals surface area contributed by atoms with E-state index in [0.717, 1.165) is 12.1 Å². The molecule has 1 amide bonds. The van der Waals surface area contributed by atoms with Gasteiger partial charge in [0.05, 0.1) is 5.92 Å². The molecule has 0 spiro atoms. The SMILES string of the molecule is CC(C(=O)NCC(C(C)C)C(C)C)c1cccc(N)c1. The Morgan fingerprint density at radius 3 is 2.25 bits per heavy atom. The number of hydrogen-bond acceptors (Lipinski definition) is 2. The fourth-order valence-electron chi connectivity index (χ4n) is 2.59. The lowest BCUT2D eigenvalue weighted by molar-refractivity contribution is -0.122. The molecule has 3 heteroatoms. The van der Waals surface area contributed by atoms with E-state index in [1.165, 1.54) is 0 Å². The van der Waals surface area contributed by atoms with Crippen molar-refractivity contribution in [3.63, 3.8) is 0 Å². The first-order valence-corrected chi connectivity index (χ1v) is 7.46. The molecular weight excluding hydrogens is 248 g/mol. The van der Waals surface area contributed by atoms with Gasteiger partial charge in [0.2, 0.25) is 5.91 Å². The van der Waals surface area contributed by atoms with Gasteiger partial charge in [0, 0.05) is 12.2 Å². The zero-order valence-corrected chi connectivity index (χ0v) is 13.3. The van der Waals surface area contributed by atoms with Crippen LogP contribution in [0.3, 0.4) is 0 Å². The Morgan fingerprint density at radius 2 is 1.75 bits per heavy atom. The lowest BCUT2D eigenvalue weighted by Gasteiger charge is -2.26. The number of anilines is 1. The van der Waals surface area contributed by atoms with Crippen molar-refractivity contribution in [2.24, 2.45) is 17.8 Å². The first kappa shape index (κ1) is 16.5. The monoisotopic (exact) mass is 276 g/mol. The fraction of sp³-hybridized carbons (Fsp3) is 0.588. The predicted molar refractivity (Wildman–Crippen MR) is 85.4 cm³/mol. The highest BCUT2D eigenvalue weighted by Gasteiger charge is 2.20. The van der Waals surface area contributed by atoms with E-state index in [1.54, 1.807) is 0 Å². The number of carbonyl (C=O) groups is 1. The molecule has 3 N–H and O–H groups in total. The van der Waals surface area contributed by atoms with Crippen LogP contribution in [-0.2, 0) is 4.79 Å². The molecule has 0 heterocycles. The van der Waals surface area contributed by atoms with E-state index in [-0.39, 0.29) is 11.8 Å². The van der Waals surface area contributed by atoms with E-state index in [9.17, 15) is 4.79 Å². The molecule has 0 aliphatic rings. The van der Waals surface area contributed by atoms with Gasteiger partial charge in [-0.25, -0.2) is 0 Å². The minimum absolute atomic E-state index is 0.0712. The van der Waals surface area contributed by atoms with Gasteiger partial charge in [-0.2, -0.15) is 0 Å². The molecule has 1 rings (SSSR count). The third kappa shape index (κ3) is 4.55. The Kier molecular flexibility index (Phi) is 6.05. The minimum atomic E-state index is -0.168. The second-order valence-electron chi connectivity index (χ2n) is 6.29. The van der Waals surface area contributed by atoms with E-state index in [4.69, 9.17) is 5.73 Å². The smallest absolute Gasteiger partial charge is 0.227 e. The summed E-state index contributed by atoms with van der Waals surface area (Å²) in [5.74, 6) is 1.54. The lowest BCUT2D eigenvalue weighted by atomic mass is 9.85. The zero-order valence-electron chi connectivity index (χ0n) is 13.3. The maximum Gasteiger partial charge on any atom is 0.227 e. The number of benzene rings is 1. The summed E-state index contributed by atoms with van der Waals surface area (Å²) in [6.45, 7) is 11.5. The van der Waals surface area contributed by atoms with E-state index in [2.05, 4.69) is 33.0 Å². The van der Waals surface area contributed by atoms with Gasteiger partial charge in [-0.3, -0.25) is 4.79 Å².